The third kappa shape index (κ3) is 3.96. The van der Waals surface area contributed by atoms with Gasteiger partial charge in [-0.15, -0.1) is 0 Å². The second-order valence-corrected chi connectivity index (χ2v) is 6.65. The van der Waals surface area contributed by atoms with Gasteiger partial charge in [-0.25, -0.2) is 17.5 Å². The summed E-state index contributed by atoms with van der Waals surface area (Å²) in [5.41, 5.74) is -0.483. The number of nitrogens with zero attached hydrogens (tertiary/aromatic N) is 1. The smallest absolute Gasteiger partial charge is 0.272 e. The van der Waals surface area contributed by atoms with Crippen LogP contribution in [-0.2, 0) is 10.0 Å². The van der Waals surface area contributed by atoms with Crippen LogP contribution in [0.4, 0.5) is 10.1 Å². The molecule has 1 fully saturated rings. The van der Waals surface area contributed by atoms with Gasteiger partial charge in [0.15, 0.2) is 0 Å². The minimum Gasteiger partial charge on any atom is -0.316 e. The molecule has 2 rings (SSSR count). The molecule has 0 bridgehead atoms. The predicted octanol–water partition coefficient (Wildman–Crippen LogP) is 1.01. The highest BCUT2D eigenvalue weighted by molar-refractivity contribution is 7.89. The zero-order valence-electron chi connectivity index (χ0n) is 11.2. The summed E-state index contributed by atoms with van der Waals surface area (Å²) in [7, 11) is -3.99. The molecule has 0 aromatic heterocycles. The molecule has 1 aromatic carbocycles. The fraction of sp³-hybridized carbons (Fsp3) is 0.500. The zero-order chi connectivity index (χ0) is 15.5. The molecule has 0 saturated carbocycles. The number of hydrogen-bond acceptors (Lipinski definition) is 5. The van der Waals surface area contributed by atoms with E-state index in [4.69, 9.17) is 0 Å². The average Bonchev–Trinajstić information content (AvgIpc) is 2.91. The topological polar surface area (TPSA) is 101 Å². The largest absolute Gasteiger partial charge is 0.316 e. The number of sulfonamides is 1. The van der Waals surface area contributed by atoms with Crippen molar-refractivity contribution in [2.45, 2.75) is 17.7 Å². The summed E-state index contributed by atoms with van der Waals surface area (Å²) in [5.74, 6) is -0.714. The molecule has 21 heavy (non-hydrogen) atoms. The fourth-order valence-electron chi connectivity index (χ4n) is 2.26. The summed E-state index contributed by atoms with van der Waals surface area (Å²) in [6.45, 7) is 1.99. The predicted molar refractivity (Wildman–Crippen MR) is 73.8 cm³/mol. The van der Waals surface area contributed by atoms with Crippen LogP contribution >= 0.6 is 0 Å². The van der Waals surface area contributed by atoms with Crippen LogP contribution in [-0.4, -0.2) is 33.0 Å². The van der Waals surface area contributed by atoms with Gasteiger partial charge >= 0.3 is 0 Å². The number of nitro benzene ring substituents is 1. The van der Waals surface area contributed by atoms with Gasteiger partial charge in [-0.05, 0) is 37.9 Å². The van der Waals surface area contributed by atoms with E-state index in [1.165, 1.54) is 0 Å². The van der Waals surface area contributed by atoms with Crippen LogP contribution in [0.15, 0.2) is 23.1 Å². The summed E-state index contributed by atoms with van der Waals surface area (Å²) in [6.07, 6.45) is 1.66. The maximum atomic E-state index is 13.7. The van der Waals surface area contributed by atoms with Crippen molar-refractivity contribution in [2.75, 3.05) is 19.6 Å². The van der Waals surface area contributed by atoms with Crippen molar-refractivity contribution in [3.05, 3.63) is 34.1 Å². The Kier molecular flexibility index (Phi) is 4.86. The number of nitrogens with one attached hydrogen (secondary N) is 2. The van der Waals surface area contributed by atoms with Gasteiger partial charge < -0.3 is 5.32 Å². The number of halogens is 1. The van der Waals surface area contributed by atoms with E-state index >= 15 is 0 Å². The minimum absolute atomic E-state index is 0.213. The molecule has 7 nitrogen and oxygen atoms in total. The van der Waals surface area contributed by atoms with Crippen molar-refractivity contribution in [1.82, 2.24) is 10.0 Å². The Morgan fingerprint density at radius 3 is 2.81 bits per heavy atom. The maximum absolute atomic E-state index is 13.7. The van der Waals surface area contributed by atoms with Gasteiger partial charge in [0, 0.05) is 12.6 Å². The number of hydrogen-bond donors (Lipinski definition) is 2. The normalized spacial score (nSPS) is 18.8. The highest BCUT2D eigenvalue weighted by Gasteiger charge is 2.22. The lowest BCUT2D eigenvalue weighted by Gasteiger charge is -2.10. The Hall–Kier alpha value is -1.58. The van der Waals surface area contributed by atoms with E-state index in [1.807, 2.05) is 0 Å². The molecular formula is C12H16FN3O4S. The molecule has 1 saturated heterocycles. The Morgan fingerprint density at radius 2 is 2.24 bits per heavy atom. The minimum atomic E-state index is -3.99. The summed E-state index contributed by atoms with van der Waals surface area (Å²) in [6, 6.07) is 2.49. The van der Waals surface area contributed by atoms with Crippen LogP contribution in [0.5, 0.6) is 0 Å². The van der Waals surface area contributed by atoms with E-state index in [1.54, 1.807) is 0 Å². The maximum Gasteiger partial charge on any atom is 0.272 e. The van der Waals surface area contributed by atoms with Gasteiger partial charge in [-0.2, -0.15) is 0 Å². The van der Waals surface area contributed by atoms with Crippen molar-refractivity contribution >= 4 is 15.7 Å². The third-order valence-corrected chi connectivity index (χ3v) is 4.92. The quantitative estimate of drug-likeness (QED) is 0.602. The van der Waals surface area contributed by atoms with Crippen molar-refractivity contribution in [2.24, 2.45) is 5.92 Å². The van der Waals surface area contributed by atoms with Gasteiger partial charge in [0.05, 0.1) is 11.0 Å². The van der Waals surface area contributed by atoms with Crippen LogP contribution < -0.4 is 10.0 Å². The van der Waals surface area contributed by atoms with Gasteiger partial charge in [-0.1, -0.05) is 0 Å². The highest BCUT2D eigenvalue weighted by Crippen LogP contribution is 2.20. The Bertz CT molecular complexity index is 629. The lowest BCUT2D eigenvalue weighted by Crippen LogP contribution is -2.27. The highest BCUT2D eigenvalue weighted by atomic mass is 32.2. The first-order valence-electron chi connectivity index (χ1n) is 6.54. The Morgan fingerprint density at radius 1 is 1.48 bits per heavy atom. The molecule has 1 aromatic rings. The summed E-state index contributed by atoms with van der Waals surface area (Å²) in [5, 5.41) is 13.7. The van der Waals surface area contributed by atoms with E-state index in [0.717, 1.165) is 31.6 Å². The zero-order valence-corrected chi connectivity index (χ0v) is 12.0. The molecule has 1 unspecified atom stereocenters. The number of non-ortho nitro benzene ring substituents is 1. The van der Waals surface area contributed by atoms with Crippen LogP contribution in [0.2, 0.25) is 0 Å². The standard InChI is InChI=1S/C12H16FN3O4S/c13-11-7-10(16(17)18)1-2-12(11)21(19,20)15-6-4-9-3-5-14-8-9/h1-2,7,9,14-15H,3-6,8H2. The van der Waals surface area contributed by atoms with Crippen molar-refractivity contribution in [3.63, 3.8) is 0 Å². The molecule has 1 aliphatic heterocycles. The van der Waals surface area contributed by atoms with E-state index in [-0.39, 0.29) is 6.54 Å². The molecule has 2 N–H and O–H groups in total. The molecular weight excluding hydrogens is 301 g/mol. The van der Waals surface area contributed by atoms with Crippen LogP contribution in [0.3, 0.4) is 0 Å². The third-order valence-electron chi connectivity index (χ3n) is 3.42. The van der Waals surface area contributed by atoms with Crippen LogP contribution in [0, 0.1) is 21.8 Å². The Labute approximate surface area is 121 Å². The van der Waals surface area contributed by atoms with Crippen LogP contribution in [0.1, 0.15) is 12.8 Å². The molecule has 1 heterocycles. The first-order valence-corrected chi connectivity index (χ1v) is 8.03. The molecule has 0 amide bonds. The average molecular weight is 317 g/mol. The lowest BCUT2D eigenvalue weighted by atomic mass is 10.1. The first kappa shape index (κ1) is 15.8. The fourth-order valence-corrected chi connectivity index (χ4v) is 3.36. The lowest BCUT2D eigenvalue weighted by molar-refractivity contribution is -0.385. The second-order valence-electron chi connectivity index (χ2n) is 4.92. The van der Waals surface area contributed by atoms with Gasteiger partial charge in [0.1, 0.15) is 10.7 Å². The molecule has 1 atom stereocenters. The molecule has 0 spiro atoms. The molecule has 1 aliphatic rings. The molecule has 0 radical (unpaired) electrons. The molecule has 0 aliphatic carbocycles. The number of rotatable bonds is 6. The second kappa shape index (κ2) is 6.46. The molecule has 9 heteroatoms. The first-order chi connectivity index (χ1) is 9.90. The van der Waals surface area contributed by atoms with E-state index < -0.39 is 31.3 Å². The summed E-state index contributed by atoms with van der Waals surface area (Å²) in [4.78, 5) is 9.15. The SMILES string of the molecule is O=[N+]([O-])c1ccc(S(=O)(=O)NCCC2CCNC2)c(F)c1. The number of nitro groups is 1. The number of benzene rings is 1. The van der Waals surface area contributed by atoms with E-state index in [0.29, 0.717) is 18.4 Å². The van der Waals surface area contributed by atoms with Crippen molar-refractivity contribution in [1.29, 1.82) is 0 Å². The Balaban J connectivity index is 2.03. The van der Waals surface area contributed by atoms with Crippen molar-refractivity contribution in [3.8, 4) is 0 Å². The van der Waals surface area contributed by atoms with Gasteiger partial charge in [0.25, 0.3) is 5.69 Å². The summed E-state index contributed by atoms with van der Waals surface area (Å²) < 4.78 is 40.0. The van der Waals surface area contributed by atoms with Gasteiger partial charge in [0.2, 0.25) is 10.0 Å². The van der Waals surface area contributed by atoms with Crippen molar-refractivity contribution < 1.29 is 17.7 Å². The monoisotopic (exact) mass is 317 g/mol. The van der Waals surface area contributed by atoms with Gasteiger partial charge in [-0.3, -0.25) is 10.1 Å². The summed E-state index contributed by atoms with van der Waals surface area (Å²) >= 11 is 0. The molecule has 116 valence electrons. The van der Waals surface area contributed by atoms with E-state index in [9.17, 15) is 22.9 Å². The van der Waals surface area contributed by atoms with Crippen LogP contribution in [0.25, 0.3) is 0 Å². The van der Waals surface area contributed by atoms with E-state index in [2.05, 4.69) is 10.0 Å².